The van der Waals surface area contributed by atoms with E-state index in [2.05, 4.69) is 34.1 Å². The lowest BCUT2D eigenvalue weighted by Gasteiger charge is -2.36. The molecule has 2 aliphatic rings. The highest BCUT2D eigenvalue weighted by atomic mass is 32.2. The Morgan fingerprint density at radius 1 is 1.10 bits per heavy atom. The number of aliphatic hydroxyl groups is 1. The molecular formula is C24H30N2O4S. The standard InChI is InChI=1S/C24H30N2O4S/c1-18-22(27)23(31-21-11-6-5-10-20(21)30-18)24(28)29-17-7-12-25-13-15-26(16-14-25)19-8-3-2-4-9-19/h2-6,8-11,18,22-23,27H,7,12-17H2,1H3/t18?,22-,23-/m0/s1. The summed E-state index contributed by atoms with van der Waals surface area (Å²) in [6, 6.07) is 18.0. The summed E-state index contributed by atoms with van der Waals surface area (Å²) in [5.41, 5.74) is 1.27. The number of piperazine rings is 1. The first-order chi connectivity index (χ1) is 15.1. The number of hydrogen-bond donors (Lipinski definition) is 1. The van der Waals surface area contributed by atoms with E-state index in [0.29, 0.717) is 12.4 Å². The average Bonchev–Trinajstić information content (AvgIpc) is 2.94. The van der Waals surface area contributed by atoms with Gasteiger partial charge in [0.25, 0.3) is 0 Å². The summed E-state index contributed by atoms with van der Waals surface area (Å²) in [4.78, 5) is 18.4. The van der Waals surface area contributed by atoms with E-state index in [-0.39, 0.29) is 5.97 Å². The van der Waals surface area contributed by atoms with Crippen molar-refractivity contribution in [1.82, 2.24) is 4.90 Å². The minimum Gasteiger partial charge on any atom is -0.487 e. The summed E-state index contributed by atoms with van der Waals surface area (Å²) in [6.07, 6.45) is -0.613. The van der Waals surface area contributed by atoms with Crippen LogP contribution in [0.3, 0.4) is 0 Å². The molecule has 1 fully saturated rings. The molecule has 166 valence electrons. The molecule has 1 saturated heterocycles. The van der Waals surface area contributed by atoms with Crippen molar-refractivity contribution < 1.29 is 19.4 Å². The highest BCUT2D eigenvalue weighted by Crippen LogP contribution is 2.38. The number of thioether (sulfide) groups is 1. The molecule has 2 aromatic rings. The van der Waals surface area contributed by atoms with Crippen LogP contribution in [0, 0.1) is 0 Å². The van der Waals surface area contributed by atoms with Crippen LogP contribution in [0.5, 0.6) is 5.75 Å². The van der Waals surface area contributed by atoms with Crippen molar-refractivity contribution in [3.8, 4) is 5.75 Å². The van der Waals surface area contributed by atoms with E-state index in [4.69, 9.17) is 9.47 Å². The first-order valence-corrected chi connectivity index (χ1v) is 11.8. The number of benzene rings is 2. The van der Waals surface area contributed by atoms with Crippen LogP contribution in [0.25, 0.3) is 0 Å². The molecule has 7 heteroatoms. The summed E-state index contributed by atoms with van der Waals surface area (Å²) in [5, 5.41) is 9.89. The number of carbonyl (C=O) groups excluding carboxylic acids is 1. The van der Waals surface area contributed by atoms with Gasteiger partial charge in [-0.2, -0.15) is 0 Å². The van der Waals surface area contributed by atoms with Gasteiger partial charge in [0.1, 0.15) is 23.2 Å². The van der Waals surface area contributed by atoms with Crippen molar-refractivity contribution >= 4 is 23.4 Å². The maximum Gasteiger partial charge on any atom is 0.322 e. The van der Waals surface area contributed by atoms with Gasteiger partial charge in [-0.15, -0.1) is 11.8 Å². The molecule has 1 unspecified atom stereocenters. The Morgan fingerprint density at radius 2 is 1.81 bits per heavy atom. The maximum atomic E-state index is 12.7. The fourth-order valence-electron chi connectivity index (χ4n) is 3.97. The van der Waals surface area contributed by atoms with Crippen LogP contribution in [-0.2, 0) is 9.53 Å². The number of fused-ring (bicyclic) bond motifs is 1. The Kier molecular flexibility index (Phi) is 7.37. The van der Waals surface area contributed by atoms with Crippen molar-refractivity contribution in [3.05, 3.63) is 54.6 Å². The van der Waals surface area contributed by atoms with Gasteiger partial charge in [0.2, 0.25) is 0 Å². The molecule has 0 aliphatic carbocycles. The molecule has 0 radical (unpaired) electrons. The normalized spacial score (nSPS) is 24.1. The van der Waals surface area contributed by atoms with Crippen LogP contribution in [0.1, 0.15) is 13.3 Å². The number of carbonyl (C=O) groups is 1. The van der Waals surface area contributed by atoms with Gasteiger partial charge in [-0.25, -0.2) is 0 Å². The van der Waals surface area contributed by atoms with E-state index in [9.17, 15) is 9.90 Å². The molecule has 4 rings (SSSR count). The lowest BCUT2D eigenvalue weighted by Crippen LogP contribution is -2.46. The number of esters is 1. The molecule has 0 aromatic heterocycles. The van der Waals surface area contributed by atoms with Gasteiger partial charge in [-0.05, 0) is 37.6 Å². The Labute approximate surface area is 188 Å². The summed E-state index contributed by atoms with van der Waals surface area (Å²) in [7, 11) is 0. The third-order valence-corrected chi connectivity index (χ3v) is 7.11. The van der Waals surface area contributed by atoms with Gasteiger partial charge in [-0.3, -0.25) is 9.69 Å². The Morgan fingerprint density at radius 3 is 2.58 bits per heavy atom. The molecule has 3 atom stereocenters. The topological polar surface area (TPSA) is 62.2 Å². The third kappa shape index (κ3) is 5.53. The van der Waals surface area contributed by atoms with Gasteiger partial charge >= 0.3 is 5.97 Å². The monoisotopic (exact) mass is 442 g/mol. The van der Waals surface area contributed by atoms with Crippen molar-refractivity contribution in [1.29, 1.82) is 0 Å². The first kappa shape index (κ1) is 22.0. The predicted octanol–water partition coefficient (Wildman–Crippen LogP) is 3.04. The van der Waals surface area contributed by atoms with Crippen LogP contribution < -0.4 is 9.64 Å². The molecule has 0 amide bonds. The fourth-order valence-corrected chi connectivity index (χ4v) is 5.15. The number of hydrogen-bond acceptors (Lipinski definition) is 7. The van der Waals surface area contributed by atoms with E-state index >= 15 is 0 Å². The Bertz CT molecular complexity index is 858. The van der Waals surface area contributed by atoms with Crippen molar-refractivity contribution in [2.75, 3.05) is 44.2 Å². The van der Waals surface area contributed by atoms with Gasteiger partial charge < -0.3 is 19.5 Å². The second-order valence-corrected chi connectivity index (χ2v) is 9.17. The van der Waals surface area contributed by atoms with E-state index < -0.39 is 17.5 Å². The summed E-state index contributed by atoms with van der Waals surface area (Å²) in [5.74, 6) is 0.322. The number of nitrogens with zero attached hydrogens (tertiary/aromatic N) is 2. The minimum atomic E-state index is -0.920. The summed E-state index contributed by atoms with van der Waals surface area (Å²) < 4.78 is 11.3. The second-order valence-electron chi connectivity index (χ2n) is 7.98. The van der Waals surface area contributed by atoms with Gasteiger partial charge in [-0.1, -0.05) is 30.3 Å². The average molecular weight is 443 g/mol. The number of para-hydroxylation sites is 2. The van der Waals surface area contributed by atoms with Crippen LogP contribution in [-0.4, -0.2) is 72.8 Å². The summed E-state index contributed by atoms with van der Waals surface area (Å²) >= 11 is 1.32. The number of ether oxygens (including phenoxy) is 2. The van der Waals surface area contributed by atoms with E-state index in [0.717, 1.165) is 44.0 Å². The molecule has 6 nitrogen and oxygen atoms in total. The second kappa shape index (κ2) is 10.4. The van der Waals surface area contributed by atoms with Crippen LogP contribution >= 0.6 is 11.8 Å². The molecule has 2 aromatic carbocycles. The van der Waals surface area contributed by atoms with Crippen LogP contribution in [0.4, 0.5) is 5.69 Å². The first-order valence-electron chi connectivity index (χ1n) is 10.9. The quantitative estimate of drug-likeness (QED) is 0.545. The molecule has 1 N–H and O–H groups in total. The number of rotatable bonds is 6. The molecule has 2 aliphatic heterocycles. The van der Waals surface area contributed by atoms with Gasteiger partial charge in [0.15, 0.2) is 0 Å². The SMILES string of the molecule is CC1Oc2ccccc2S[C@H](C(=O)OCCCN2CCN(c3ccccc3)CC2)[C@H]1O. The molecule has 0 spiro atoms. The zero-order valence-electron chi connectivity index (χ0n) is 17.9. The van der Waals surface area contributed by atoms with Crippen molar-refractivity contribution in [2.45, 2.75) is 35.7 Å². The zero-order valence-corrected chi connectivity index (χ0v) is 18.7. The van der Waals surface area contributed by atoms with Gasteiger partial charge in [0, 0.05) is 38.4 Å². The predicted molar refractivity (Wildman–Crippen MR) is 123 cm³/mol. The maximum absolute atomic E-state index is 12.7. The molecular weight excluding hydrogens is 412 g/mol. The fraction of sp³-hybridized carbons (Fsp3) is 0.458. The zero-order chi connectivity index (χ0) is 21.6. The molecule has 31 heavy (non-hydrogen) atoms. The van der Waals surface area contributed by atoms with Gasteiger partial charge in [0.05, 0.1) is 11.5 Å². The smallest absolute Gasteiger partial charge is 0.322 e. The lowest BCUT2D eigenvalue weighted by atomic mass is 10.1. The highest BCUT2D eigenvalue weighted by molar-refractivity contribution is 8.00. The van der Waals surface area contributed by atoms with Crippen molar-refractivity contribution in [3.63, 3.8) is 0 Å². The van der Waals surface area contributed by atoms with E-state index in [1.807, 2.05) is 30.3 Å². The lowest BCUT2D eigenvalue weighted by molar-refractivity contribution is -0.146. The minimum absolute atomic E-state index is 0.360. The van der Waals surface area contributed by atoms with Crippen molar-refractivity contribution in [2.24, 2.45) is 0 Å². The Balaban J connectivity index is 1.21. The number of aliphatic hydroxyl groups excluding tert-OH is 1. The third-order valence-electron chi connectivity index (χ3n) is 5.80. The molecule has 0 saturated carbocycles. The molecule has 0 bridgehead atoms. The number of anilines is 1. The van der Waals surface area contributed by atoms with E-state index in [1.54, 1.807) is 6.92 Å². The Hall–Kier alpha value is -2.22. The van der Waals surface area contributed by atoms with E-state index in [1.165, 1.54) is 17.4 Å². The largest absolute Gasteiger partial charge is 0.487 e. The van der Waals surface area contributed by atoms with Crippen LogP contribution in [0.2, 0.25) is 0 Å². The summed E-state index contributed by atoms with van der Waals surface area (Å²) in [6.45, 7) is 7.06. The van der Waals surface area contributed by atoms with Crippen LogP contribution in [0.15, 0.2) is 59.5 Å². The molecule has 2 heterocycles. The highest BCUT2D eigenvalue weighted by Gasteiger charge is 2.37.